The number of nitrogens with one attached hydrogen (secondary N) is 1. The van der Waals surface area contributed by atoms with Crippen molar-refractivity contribution < 1.29 is 9.47 Å². The van der Waals surface area contributed by atoms with Crippen molar-refractivity contribution in [2.75, 3.05) is 26.9 Å². The lowest BCUT2D eigenvalue weighted by Gasteiger charge is -2.10. The van der Waals surface area contributed by atoms with Crippen LogP contribution < -0.4 is 10.1 Å². The number of rotatable bonds is 11. The number of aryl methyl sites for hydroxylation is 1. The molecule has 20 heavy (non-hydrogen) atoms. The van der Waals surface area contributed by atoms with E-state index < -0.39 is 0 Å². The van der Waals surface area contributed by atoms with Crippen molar-refractivity contribution in [3.05, 3.63) is 23.4 Å². The Morgan fingerprint density at radius 1 is 1.10 bits per heavy atom. The second kappa shape index (κ2) is 10.6. The molecule has 0 atom stereocenters. The average Bonchev–Trinajstić information content (AvgIpc) is 2.43. The largest absolute Gasteiger partial charge is 0.475 e. The average molecular weight is 280 g/mol. The molecule has 0 aliphatic rings. The number of aromatic nitrogens is 1. The topological polar surface area (TPSA) is 43.4 Å². The van der Waals surface area contributed by atoms with Crippen molar-refractivity contribution in [2.24, 2.45) is 0 Å². The molecular weight excluding hydrogens is 252 g/mol. The van der Waals surface area contributed by atoms with Crippen LogP contribution in [0.3, 0.4) is 0 Å². The third kappa shape index (κ3) is 6.87. The monoisotopic (exact) mass is 280 g/mol. The van der Waals surface area contributed by atoms with Gasteiger partial charge in [-0.25, -0.2) is 4.98 Å². The van der Waals surface area contributed by atoms with Crippen molar-refractivity contribution in [3.63, 3.8) is 0 Å². The zero-order chi connectivity index (χ0) is 14.6. The summed E-state index contributed by atoms with van der Waals surface area (Å²) in [5.74, 6) is 0.709. The molecule has 0 unspecified atom stereocenters. The normalized spacial score (nSPS) is 10.8. The lowest BCUT2D eigenvalue weighted by Crippen LogP contribution is -2.10. The van der Waals surface area contributed by atoms with E-state index in [1.54, 1.807) is 0 Å². The first-order chi connectivity index (χ1) is 9.80. The van der Waals surface area contributed by atoms with Gasteiger partial charge in [0.2, 0.25) is 5.88 Å². The van der Waals surface area contributed by atoms with Crippen molar-refractivity contribution >= 4 is 0 Å². The maximum absolute atomic E-state index is 5.70. The molecular formula is C16H28N2O2. The van der Waals surface area contributed by atoms with Gasteiger partial charge in [-0.1, -0.05) is 26.7 Å². The smallest absolute Gasteiger partial charge is 0.213 e. The molecule has 1 rings (SSSR count). The van der Waals surface area contributed by atoms with Gasteiger partial charge in [-0.05, 0) is 31.5 Å². The Balaban J connectivity index is 2.46. The molecule has 0 aliphatic carbocycles. The minimum absolute atomic E-state index is 0.561. The quantitative estimate of drug-likeness (QED) is 0.633. The fraction of sp³-hybridized carbons (Fsp3) is 0.688. The summed E-state index contributed by atoms with van der Waals surface area (Å²) in [6, 6.07) is 4.15. The molecule has 0 fully saturated rings. The number of unbranched alkanes of at least 4 members (excludes halogenated alkanes) is 1. The first-order valence-corrected chi connectivity index (χ1v) is 7.65. The highest BCUT2D eigenvalue weighted by molar-refractivity contribution is 5.25. The van der Waals surface area contributed by atoms with E-state index in [0.29, 0.717) is 19.1 Å². The molecule has 1 heterocycles. The molecule has 4 nitrogen and oxygen atoms in total. The Bertz CT molecular complexity index is 345. The minimum atomic E-state index is 0.561. The lowest BCUT2D eigenvalue weighted by atomic mass is 10.1. The molecule has 0 spiro atoms. The Hall–Kier alpha value is -1.13. The number of nitrogens with zero attached hydrogens (tertiary/aromatic N) is 1. The van der Waals surface area contributed by atoms with Gasteiger partial charge in [-0.15, -0.1) is 0 Å². The van der Waals surface area contributed by atoms with Crippen molar-refractivity contribution in [1.29, 1.82) is 0 Å². The molecule has 0 radical (unpaired) electrons. The first kappa shape index (κ1) is 16.9. The molecule has 0 aliphatic heterocycles. The zero-order valence-electron chi connectivity index (χ0n) is 13.1. The minimum Gasteiger partial charge on any atom is -0.475 e. The standard InChI is InChI=1S/C16H28N2O2/c1-4-6-8-19-9-10-20-16-12-14(13-17-3)11-15(18-16)7-5-2/h11-12,17H,4-10,13H2,1-3H3. The van der Waals surface area contributed by atoms with E-state index in [2.05, 4.69) is 30.2 Å². The number of pyridine rings is 1. The van der Waals surface area contributed by atoms with Gasteiger partial charge in [-0.3, -0.25) is 0 Å². The van der Waals surface area contributed by atoms with Crippen LogP contribution in [-0.4, -0.2) is 31.9 Å². The van der Waals surface area contributed by atoms with Crippen LogP contribution >= 0.6 is 0 Å². The summed E-state index contributed by atoms with van der Waals surface area (Å²) in [6.07, 6.45) is 4.35. The molecule has 0 saturated carbocycles. The van der Waals surface area contributed by atoms with E-state index in [1.165, 1.54) is 5.56 Å². The maximum Gasteiger partial charge on any atom is 0.213 e. The van der Waals surface area contributed by atoms with Crippen LogP contribution in [0.2, 0.25) is 0 Å². The van der Waals surface area contributed by atoms with Crippen LogP contribution in [0.25, 0.3) is 0 Å². The van der Waals surface area contributed by atoms with Crippen molar-refractivity contribution in [1.82, 2.24) is 10.3 Å². The molecule has 0 amide bonds. The summed E-state index contributed by atoms with van der Waals surface area (Å²) in [4.78, 5) is 4.53. The van der Waals surface area contributed by atoms with E-state index in [0.717, 1.165) is 44.5 Å². The SMILES string of the molecule is CCCCOCCOc1cc(CNC)cc(CCC)n1. The highest BCUT2D eigenvalue weighted by atomic mass is 16.5. The Morgan fingerprint density at radius 2 is 1.95 bits per heavy atom. The van der Waals surface area contributed by atoms with Crippen LogP contribution in [-0.2, 0) is 17.7 Å². The Kier molecular flexibility index (Phi) is 9.00. The van der Waals surface area contributed by atoms with Crippen LogP contribution in [0.15, 0.2) is 12.1 Å². The fourth-order valence-electron chi connectivity index (χ4n) is 1.94. The molecule has 1 aromatic heterocycles. The van der Waals surface area contributed by atoms with E-state index >= 15 is 0 Å². The first-order valence-electron chi connectivity index (χ1n) is 7.65. The predicted octanol–water partition coefficient (Wildman–Crippen LogP) is 2.95. The van der Waals surface area contributed by atoms with Gasteiger partial charge in [0.05, 0.1) is 6.61 Å². The third-order valence-corrected chi connectivity index (χ3v) is 2.92. The summed E-state index contributed by atoms with van der Waals surface area (Å²) in [7, 11) is 1.95. The van der Waals surface area contributed by atoms with Gasteiger partial charge in [0.15, 0.2) is 0 Å². The van der Waals surface area contributed by atoms with Gasteiger partial charge >= 0.3 is 0 Å². The molecule has 0 aromatic carbocycles. The van der Waals surface area contributed by atoms with E-state index in [-0.39, 0.29) is 0 Å². The summed E-state index contributed by atoms with van der Waals surface area (Å²) >= 11 is 0. The van der Waals surface area contributed by atoms with Gasteiger partial charge in [-0.2, -0.15) is 0 Å². The number of ether oxygens (including phenoxy) is 2. The number of hydrogen-bond acceptors (Lipinski definition) is 4. The molecule has 0 saturated heterocycles. The second-order valence-corrected chi connectivity index (χ2v) is 4.90. The fourth-order valence-corrected chi connectivity index (χ4v) is 1.94. The van der Waals surface area contributed by atoms with E-state index in [4.69, 9.17) is 9.47 Å². The van der Waals surface area contributed by atoms with Crippen LogP contribution in [0.1, 0.15) is 44.4 Å². The van der Waals surface area contributed by atoms with Crippen LogP contribution in [0.5, 0.6) is 5.88 Å². The predicted molar refractivity (Wildman–Crippen MR) is 82.2 cm³/mol. The van der Waals surface area contributed by atoms with E-state index in [1.807, 2.05) is 13.1 Å². The molecule has 0 bridgehead atoms. The van der Waals surface area contributed by atoms with Crippen LogP contribution in [0.4, 0.5) is 0 Å². The van der Waals surface area contributed by atoms with Gasteiger partial charge in [0.25, 0.3) is 0 Å². The van der Waals surface area contributed by atoms with E-state index in [9.17, 15) is 0 Å². The van der Waals surface area contributed by atoms with Crippen molar-refractivity contribution in [2.45, 2.75) is 46.1 Å². The molecule has 1 aromatic rings. The zero-order valence-corrected chi connectivity index (χ0v) is 13.1. The summed E-state index contributed by atoms with van der Waals surface area (Å²) in [5.41, 5.74) is 2.31. The second-order valence-electron chi connectivity index (χ2n) is 4.90. The molecule has 114 valence electrons. The third-order valence-electron chi connectivity index (χ3n) is 2.92. The van der Waals surface area contributed by atoms with Gasteiger partial charge in [0, 0.05) is 24.9 Å². The van der Waals surface area contributed by atoms with Crippen molar-refractivity contribution in [3.8, 4) is 5.88 Å². The lowest BCUT2D eigenvalue weighted by molar-refractivity contribution is 0.0964. The highest BCUT2D eigenvalue weighted by Crippen LogP contribution is 2.14. The summed E-state index contributed by atoms with van der Waals surface area (Å²) in [6.45, 7) is 7.16. The summed E-state index contributed by atoms with van der Waals surface area (Å²) < 4.78 is 11.2. The maximum atomic E-state index is 5.70. The molecule has 1 N–H and O–H groups in total. The number of hydrogen-bond donors (Lipinski definition) is 1. The van der Waals surface area contributed by atoms with Gasteiger partial charge in [0.1, 0.15) is 6.61 Å². The van der Waals surface area contributed by atoms with Gasteiger partial charge < -0.3 is 14.8 Å². The summed E-state index contributed by atoms with van der Waals surface area (Å²) in [5, 5.41) is 3.16. The Labute approximate surface area is 122 Å². The highest BCUT2D eigenvalue weighted by Gasteiger charge is 2.03. The Morgan fingerprint density at radius 3 is 2.65 bits per heavy atom. The van der Waals surface area contributed by atoms with Crippen LogP contribution in [0, 0.1) is 0 Å². The molecule has 4 heteroatoms.